The van der Waals surface area contributed by atoms with E-state index >= 15 is 0 Å². The first-order valence-corrected chi connectivity index (χ1v) is 7.44. The summed E-state index contributed by atoms with van der Waals surface area (Å²) in [5.74, 6) is 0.735. The standard InChI is InChI=1S/C14H14ClN3S/c1-9-8-13(18-14(16-9)17-11-4-5-11)19-12-6-2-10(15)3-7-12/h2-3,6-8,11H,4-5H2,1H3,(H,16,17,18). The minimum absolute atomic E-state index is 0.565. The molecule has 5 heteroatoms. The van der Waals surface area contributed by atoms with E-state index in [-0.39, 0.29) is 0 Å². The van der Waals surface area contributed by atoms with Gasteiger partial charge in [0.1, 0.15) is 5.03 Å². The number of hydrogen-bond donors (Lipinski definition) is 1. The fraction of sp³-hybridized carbons (Fsp3) is 0.286. The van der Waals surface area contributed by atoms with Crippen molar-refractivity contribution in [2.45, 2.75) is 35.7 Å². The lowest BCUT2D eigenvalue weighted by Gasteiger charge is -2.07. The largest absolute Gasteiger partial charge is 0.351 e. The summed E-state index contributed by atoms with van der Waals surface area (Å²) < 4.78 is 0. The second kappa shape index (κ2) is 5.39. The van der Waals surface area contributed by atoms with E-state index < -0.39 is 0 Å². The third-order valence-electron chi connectivity index (χ3n) is 2.78. The molecule has 0 radical (unpaired) electrons. The van der Waals surface area contributed by atoms with Gasteiger partial charge in [-0.1, -0.05) is 23.4 Å². The van der Waals surface area contributed by atoms with Crippen LogP contribution in [0.2, 0.25) is 5.02 Å². The van der Waals surface area contributed by atoms with Crippen molar-refractivity contribution in [1.82, 2.24) is 9.97 Å². The highest BCUT2D eigenvalue weighted by molar-refractivity contribution is 7.99. The van der Waals surface area contributed by atoms with Gasteiger partial charge in [0.15, 0.2) is 0 Å². The van der Waals surface area contributed by atoms with Gasteiger partial charge in [-0.25, -0.2) is 9.97 Å². The van der Waals surface area contributed by atoms with Crippen LogP contribution >= 0.6 is 23.4 Å². The van der Waals surface area contributed by atoms with Crippen molar-refractivity contribution in [1.29, 1.82) is 0 Å². The van der Waals surface area contributed by atoms with Crippen LogP contribution in [0.15, 0.2) is 40.3 Å². The molecule has 0 bridgehead atoms. The van der Waals surface area contributed by atoms with E-state index in [9.17, 15) is 0 Å². The molecule has 0 saturated heterocycles. The maximum absolute atomic E-state index is 5.88. The van der Waals surface area contributed by atoms with Crippen molar-refractivity contribution in [2.24, 2.45) is 0 Å². The Morgan fingerprint density at radius 2 is 1.95 bits per heavy atom. The zero-order chi connectivity index (χ0) is 13.2. The molecule has 3 nitrogen and oxygen atoms in total. The first kappa shape index (κ1) is 12.8. The van der Waals surface area contributed by atoms with Crippen molar-refractivity contribution in [3.8, 4) is 0 Å². The number of rotatable bonds is 4. The van der Waals surface area contributed by atoms with Crippen LogP contribution in [0.1, 0.15) is 18.5 Å². The predicted octanol–water partition coefficient (Wildman–Crippen LogP) is 4.16. The highest BCUT2D eigenvalue weighted by atomic mass is 35.5. The van der Waals surface area contributed by atoms with Gasteiger partial charge in [0.2, 0.25) is 5.95 Å². The Bertz CT molecular complexity index is 582. The third kappa shape index (κ3) is 3.61. The normalized spacial score (nSPS) is 14.4. The molecule has 0 unspecified atom stereocenters. The quantitative estimate of drug-likeness (QED) is 0.858. The summed E-state index contributed by atoms with van der Waals surface area (Å²) in [7, 11) is 0. The molecule has 0 amide bonds. The fourth-order valence-electron chi connectivity index (χ4n) is 1.69. The van der Waals surface area contributed by atoms with Crippen molar-refractivity contribution in [2.75, 3.05) is 5.32 Å². The van der Waals surface area contributed by atoms with E-state index in [1.807, 2.05) is 37.3 Å². The molecule has 3 rings (SSSR count). The zero-order valence-electron chi connectivity index (χ0n) is 10.6. The van der Waals surface area contributed by atoms with E-state index in [2.05, 4.69) is 15.3 Å². The SMILES string of the molecule is Cc1cc(Sc2ccc(Cl)cc2)nc(NC2CC2)n1. The molecule has 1 aromatic carbocycles. The molecule has 0 aliphatic heterocycles. The number of aromatic nitrogens is 2. The molecule has 1 aliphatic rings. The minimum Gasteiger partial charge on any atom is -0.351 e. The van der Waals surface area contributed by atoms with Crippen molar-refractivity contribution in [3.63, 3.8) is 0 Å². The van der Waals surface area contributed by atoms with Gasteiger partial charge in [0, 0.05) is 21.7 Å². The number of benzene rings is 1. The molecule has 1 fully saturated rings. The van der Waals surface area contributed by atoms with Crippen LogP contribution < -0.4 is 5.32 Å². The van der Waals surface area contributed by atoms with Gasteiger partial charge in [-0.2, -0.15) is 0 Å². The molecular weight excluding hydrogens is 278 g/mol. The highest BCUT2D eigenvalue weighted by Gasteiger charge is 2.22. The van der Waals surface area contributed by atoms with Crippen LogP contribution in [0.4, 0.5) is 5.95 Å². The van der Waals surface area contributed by atoms with Gasteiger partial charge in [-0.15, -0.1) is 0 Å². The number of nitrogens with one attached hydrogen (secondary N) is 1. The first-order valence-electron chi connectivity index (χ1n) is 6.25. The molecule has 1 aliphatic carbocycles. The molecular formula is C14H14ClN3S. The maximum Gasteiger partial charge on any atom is 0.224 e. The lowest BCUT2D eigenvalue weighted by atomic mass is 10.4. The lowest BCUT2D eigenvalue weighted by molar-refractivity contribution is 0.970. The van der Waals surface area contributed by atoms with E-state index in [4.69, 9.17) is 11.6 Å². The Balaban J connectivity index is 1.79. The summed E-state index contributed by atoms with van der Waals surface area (Å²) in [4.78, 5) is 10.1. The number of aryl methyl sites for hydroxylation is 1. The lowest BCUT2D eigenvalue weighted by Crippen LogP contribution is -2.06. The molecule has 2 aromatic rings. The van der Waals surface area contributed by atoms with E-state index in [0.29, 0.717) is 6.04 Å². The average Bonchev–Trinajstić information content (AvgIpc) is 3.15. The molecule has 1 saturated carbocycles. The van der Waals surface area contributed by atoms with E-state index in [0.717, 1.165) is 26.6 Å². The maximum atomic E-state index is 5.88. The zero-order valence-corrected chi connectivity index (χ0v) is 12.1. The fourth-order valence-corrected chi connectivity index (χ4v) is 2.69. The second-order valence-electron chi connectivity index (χ2n) is 4.65. The third-order valence-corrected chi connectivity index (χ3v) is 3.96. The second-order valence-corrected chi connectivity index (χ2v) is 6.18. The van der Waals surface area contributed by atoms with Crippen LogP contribution in [-0.4, -0.2) is 16.0 Å². The van der Waals surface area contributed by atoms with Gasteiger partial charge in [0.25, 0.3) is 0 Å². The Morgan fingerprint density at radius 3 is 2.63 bits per heavy atom. The molecule has 1 N–H and O–H groups in total. The Hall–Kier alpha value is -1.26. The summed E-state index contributed by atoms with van der Waals surface area (Å²) in [6.07, 6.45) is 2.44. The molecule has 98 valence electrons. The highest BCUT2D eigenvalue weighted by Crippen LogP contribution is 2.29. The number of anilines is 1. The summed E-state index contributed by atoms with van der Waals surface area (Å²) in [5.41, 5.74) is 0.981. The van der Waals surface area contributed by atoms with Crippen LogP contribution in [-0.2, 0) is 0 Å². The monoisotopic (exact) mass is 291 g/mol. The molecule has 1 heterocycles. The summed E-state index contributed by atoms with van der Waals surface area (Å²) in [5, 5.41) is 5.04. The molecule has 1 aromatic heterocycles. The van der Waals surface area contributed by atoms with Gasteiger partial charge >= 0.3 is 0 Å². The van der Waals surface area contributed by atoms with Crippen LogP contribution in [0, 0.1) is 6.92 Å². The number of halogens is 1. The predicted molar refractivity (Wildman–Crippen MR) is 79.0 cm³/mol. The van der Waals surface area contributed by atoms with Gasteiger partial charge < -0.3 is 5.32 Å². The number of hydrogen-bond acceptors (Lipinski definition) is 4. The van der Waals surface area contributed by atoms with Crippen molar-refractivity contribution >= 4 is 29.3 Å². The molecule has 0 spiro atoms. The topological polar surface area (TPSA) is 37.8 Å². The summed E-state index contributed by atoms with van der Waals surface area (Å²) in [6, 6.07) is 10.3. The minimum atomic E-state index is 0.565. The van der Waals surface area contributed by atoms with Crippen LogP contribution in [0.25, 0.3) is 0 Å². The van der Waals surface area contributed by atoms with Gasteiger partial charge in [-0.3, -0.25) is 0 Å². The average molecular weight is 292 g/mol. The Labute approximate surface area is 121 Å². The Kier molecular flexibility index (Phi) is 3.62. The van der Waals surface area contributed by atoms with Gasteiger partial charge in [0.05, 0.1) is 0 Å². The van der Waals surface area contributed by atoms with Crippen LogP contribution in [0.3, 0.4) is 0 Å². The summed E-state index contributed by atoms with van der Waals surface area (Å²) >= 11 is 7.51. The summed E-state index contributed by atoms with van der Waals surface area (Å²) in [6.45, 7) is 1.99. The van der Waals surface area contributed by atoms with Crippen molar-refractivity contribution < 1.29 is 0 Å². The Morgan fingerprint density at radius 1 is 1.21 bits per heavy atom. The number of nitrogens with zero attached hydrogens (tertiary/aromatic N) is 2. The molecule has 19 heavy (non-hydrogen) atoms. The molecule has 0 atom stereocenters. The van der Waals surface area contributed by atoms with Crippen molar-refractivity contribution in [3.05, 3.63) is 41.0 Å². The van der Waals surface area contributed by atoms with Crippen LogP contribution in [0.5, 0.6) is 0 Å². The van der Waals surface area contributed by atoms with E-state index in [1.54, 1.807) is 11.8 Å². The smallest absolute Gasteiger partial charge is 0.224 e. The van der Waals surface area contributed by atoms with E-state index in [1.165, 1.54) is 12.8 Å². The van der Waals surface area contributed by atoms with Gasteiger partial charge in [-0.05, 0) is 50.1 Å². The first-order chi connectivity index (χ1) is 9.19.